The Morgan fingerprint density at radius 1 is 1.00 bits per heavy atom. The van der Waals surface area contributed by atoms with Gasteiger partial charge in [-0.2, -0.15) is 0 Å². The van der Waals surface area contributed by atoms with Crippen molar-refractivity contribution < 1.29 is 38.4 Å². The van der Waals surface area contributed by atoms with E-state index >= 15 is 0 Å². The summed E-state index contributed by atoms with van der Waals surface area (Å²) in [5.74, 6) is 0.169. The summed E-state index contributed by atoms with van der Waals surface area (Å²) in [5.41, 5.74) is 3.01. The summed E-state index contributed by atoms with van der Waals surface area (Å²) in [5, 5.41) is 11.6. The van der Waals surface area contributed by atoms with Crippen LogP contribution in [-0.2, 0) is 36.8 Å². The number of aliphatic carboxylic acids is 1. The van der Waals surface area contributed by atoms with Gasteiger partial charge in [0.15, 0.2) is 0 Å². The van der Waals surface area contributed by atoms with Crippen LogP contribution in [0.1, 0.15) is 45.2 Å². The molecule has 9 nitrogen and oxygen atoms in total. The minimum absolute atomic E-state index is 0.172. The van der Waals surface area contributed by atoms with E-state index < -0.39 is 12.0 Å². The maximum absolute atomic E-state index is 11.3. The van der Waals surface area contributed by atoms with E-state index in [0.717, 1.165) is 28.7 Å². The normalized spacial score (nSPS) is 12.3. The molecular weight excluding hydrogens is 490 g/mol. The summed E-state index contributed by atoms with van der Waals surface area (Å²) in [6.07, 6.45) is 1.58. The van der Waals surface area contributed by atoms with Crippen LogP contribution in [0.2, 0.25) is 0 Å². The molecule has 2 N–H and O–H groups in total. The minimum atomic E-state index is -1.09. The van der Waals surface area contributed by atoms with Gasteiger partial charge < -0.3 is 34.1 Å². The van der Waals surface area contributed by atoms with Crippen LogP contribution in [0.3, 0.4) is 0 Å². The number of ether oxygens (including phenoxy) is 5. The SMILES string of the molecule is COc1cc(COCCOC(C)(C)CCOC(C)C)cc(OC)c1-c1ccc(C[C@H](NC=O)C(=O)O)cc1. The van der Waals surface area contributed by atoms with Gasteiger partial charge in [-0.25, -0.2) is 4.79 Å². The summed E-state index contributed by atoms with van der Waals surface area (Å²) in [6, 6.07) is 10.2. The van der Waals surface area contributed by atoms with Crippen LogP contribution in [0.5, 0.6) is 11.5 Å². The average molecular weight is 532 g/mol. The number of benzene rings is 2. The summed E-state index contributed by atoms with van der Waals surface area (Å²) in [7, 11) is 3.19. The first kappa shape index (κ1) is 31.1. The van der Waals surface area contributed by atoms with Crippen LogP contribution in [0, 0.1) is 0 Å². The largest absolute Gasteiger partial charge is 0.496 e. The number of carboxylic acids is 1. The summed E-state index contributed by atoms with van der Waals surface area (Å²) in [6.45, 7) is 10.1. The van der Waals surface area contributed by atoms with Crippen LogP contribution < -0.4 is 14.8 Å². The molecule has 2 rings (SSSR count). The van der Waals surface area contributed by atoms with Crippen LogP contribution in [0.15, 0.2) is 36.4 Å². The molecule has 0 saturated carbocycles. The van der Waals surface area contributed by atoms with Crippen molar-refractivity contribution in [3.05, 3.63) is 47.5 Å². The van der Waals surface area contributed by atoms with E-state index in [1.807, 2.05) is 64.1 Å². The molecule has 0 fully saturated rings. The average Bonchev–Trinajstić information content (AvgIpc) is 2.87. The Hall–Kier alpha value is -3.14. The molecule has 0 spiro atoms. The second-order valence-corrected chi connectivity index (χ2v) is 9.78. The Morgan fingerprint density at radius 2 is 1.63 bits per heavy atom. The molecule has 0 aromatic heterocycles. The molecule has 2 aromatic rings. The first-order valence-electron chi connectivity index (χ1n) is 12.7. The third kappa shape index (κ3) is 9.96. The maximum Gasteiger partial charge on any atom is 0.326 e. The van der Waals surface area contributed by atoms with Crippen molar-refractivity contribution in [2.75, 3.05) is 34.0 Å². The first-order chi connectivity index (χ1) is 18.1. The molecule has 0 radical (unpaired) electrons. The number of carbonyl (C=O) groups is 2. The highest BCUT2D eigenvalue weighted by Gasteiger charge is 2.20. The second-order valence-electron chi connectivity index (χ2n) is 9.78. The molecule has 210 valence electrons. The summed E-state index contributed by atoms with van der Waals surface area (Å²) >= 11 is 0. The zero-order valence-electron chi connectivity index (χ0n) is 23.2. The number of amides is 1. The van der Waals surface area contributed by atoms with E-state index in [-0.39, 0.29) is 18.1 Å². The molecule has 0 saturated heterocycles. The molecule has 0 aliphatic rings. The number of hydrogen-bond acceptors (Lipinski definition) is 7. The monoisotopic (exact) mass is 531 g/mol. The summed E-state index contributed by atoms with van der Waals surface area (Å²) < 4.78 is 28.8. The number of methoxy groups -OCH3 is 2. The van der Waals surface area contributed by atoms with Gasteiger partial charge >= 0.3 is 5.97 Å². The minimum Gasteiger partial charge on any atom is -0.496 e. The van der Waals surface area contributed by atoms with Gasteiger partial charge in [-0.3, -0.25) is 4.79 Å². The lowest BCUT2D eigenvalue weighted by Crippen LogP contribution is -2.37. The molecule has 2 aromatic carbocycles. The van der Waals surface area contributed by atoms with E-state index in [1.165, 1.54) is 0 Å². The Balaban J connectivity index is 2.02. The van der Waals surface area contributed by atoms with Crippen molar-refractivity contribution in [1.29, 1.82) is 0 Å². The number of hydrogen-bond donors (Lipinski definition) is 2. The zero-order valence-corrected chi connectivity index (χ0v) is 23.2. The molecule has 38 heavy (non-hydrogen) atoms. The number of carboxylic acid groups (broad SMARTS) is 1. The van der Waals surface area contributed by atoms with Gasteiger partial charge in [0, 0.05) is 13.0 Å². The lowest BCUT2D eigenvalue weighted by molar-refractivity contribution is -0.140. The zero-order chi connectivity index (χ0) is 28.1. The Bertz CT molecular complexity index is 995. The highest BCUT2D eigenvalue weighted by molar-refractivity contribution is 5.78. The van der Waals surface area contributed by atoms with E-state index in [4.69, 9.17) is 23.7 Å². The van der Waals surface area contributed by atoms with Crippen molar-refractivity contribution in [3.63, 3.8) is 0 Å². The fraction of sp³-hybridized carbons (Fsp3) is 0.517. The molecular formula is C29H41NO8. The number of rotatable bonds is 18. The van der Waals surface area contributed by atoms with Crippen LogP contribution in [-0.4, -0.2) is 69.3 Å². The van der Waals surface area contributed by atoms with E-state index in [1.54, 1.807) is 14.2 Å². The molecule has 9 heteroatoms. The Morgan fingerprint density at radius 3 is 2.16 bits per heavy atom. The smallest absolute Gasteiger partial charge is 0.326 e. The first-order valence-corrected chi connectivity index (χ1v) is 12.7. The van der Waals surface area contributed by atoms with Gasteiger partial charge in [0.1, 0.15) is 17.5 Å². The highest BCUT2D eigenvalue weighted by Crippen LogP contribution is 2.40. The van der Waals surface area contributed by atoms with Crippen molar-refractivity contribution in [2.24, 2.45) is 0 Å². The van der Waals surface area contributed by atoms with Gasteiger partial charge in [-0.15, -0.1) is 0 Å². The molecule has 0 heterocycles. The van der Waals surface area contributed by atoms with Crippen molar-refractivity contribution in [2.45, 2.75) is 64.9 Å². The molecule has 1 atom stereocenters. The van der Waals surface area contributed by atoms with Crippen LogP contribution in [0.4, 0.5) is 0 Å². The van der Waals surface area contributed by atoms with Gasteiger partial charge in [0.25, 0.3) is 0 Å². The summed E-state index contributed by atoms with van der Waals surface area (Å²) in [4.78, 5) is 22.0. The highest BCUT2D eigenvalue weighted by atomic mass is 16.5. The second kappa shape index (κ2) is 15.3. The fourth-order valence-corrected chi connectivity index (χ4v) is 3.86. The molecule has 1 amide bonds. The van der Waals surface area contributed by atoms with Gasteiger partial charge in [-0.1, -0.05) is 24.3 Å². The molecule has 0 bridgehead atoms. The van der Waals surface area contributed by atoms with Crippen molar-refractivity contribution >= 4 is 12.4 Å². The Kier molecular flexibility index (Phi) is 12.5. The third-order valence-corrected chi connectivity index (χ3v) is 5.96. The number of nitrogens with one attached hydrogen (secondary N) is 1. The van der Waals surface area contributed by atoms with E-state index in [9.17, 15) is 14.7 Å². The predicted molar refractivity (Wildman–Crippen MR) is 145 cm³/mol. The third-order valence-electron chi connectivity index (χ3n) is 5.96. The molecule has 0 unspecified atom stereocenters. The Labute approximate surface area is 225 Å². The molecule has 0 aliphatic heterocycles. The lowest BCUT2D eigenvalue weighted by Gasteiger charge is -2.25. The van der Waals surface area contributed by atoms with Gasteiger partial charge in [0.05, 0.1) is 51.3 Å². The predicted octanol–water partition coefficient (Wildman–Crippen LogP) is 4.24. The quantitative estimate of drug-likeness (QED) is 0.217. The topological polar surface area (TPSA) is 113 Å². The maximum atomic E-state index is 11.3. The van der Waals surface area contributed by atoms with Crippen LogP contribution >= 0.6 is 0 Å². The van der Waals surface area contributed by atoms with E-state index in [0.29, 0.717) is 44.3 Å². The van der Waals surface area contributed by atoms with Gasteiger partial charge in [-0.05, 0) is 62.9 Å². The van der Waals surface area contributed by atoms with Gasteiger partial charge in [0.2, 0.25) is 6.41 Å². The standard InChI is InChI=1S/C29H41NO8/c1-20(2)37-12-11-29(3,4)38-14-13-36-18-22-16-25(34-5)27(26(17-22)35-6)23-9-7-21(8-10-23)15-24(28(32)33)30-19-31/h7-10,16-17,19-20,24H,11-15,18H2,1-6H3,(H,30,31)(H,32,33)/t24-/m0/s1. The number of carbonyl (C=O) groups excluding carboxylic acids is 1. The van der Waals surface area contributed by atoms with Crippen molar-refractivity contribution in [3.8, 4) is 22.6 Å². The fourth-order valence-electron chi connectivity index (χ4n) is 3.86. The van der Waals surface area contributed by atoms with E-state index in [2.05, 4.69) is 5.32 Å². The lowest BCUT2D eigenvalue weighted by atomic mass is 9.98. The van der Waals surface area contributed by atoms with Crippen molar-refractivity contribution in [1.82, 2.24) is 5.32 Å². The van der Waals surface area contributed by atoms with Crippen LogP contribution in [0.25, 0.3) is 11.1 Å². The molecule has 0 aliphatic carbocycles.